The smallest absolute Gasteiger partial charge is 0.221 e. The van der Waals surface area contributed by atoms with Crippen LogP contribution in [0.1, 0.15) is 51.2 Å². The number of aryl methyl sites for hydroxylation is 1. The van der Waals surface area contributed by atoms with Gasteiger partial charge in [-0.1, -0.05) is 50.2 Å². The van der Waals surface area contributed by atoms with Gasteiger partial charge in [-0.25, -0.2) is 4.98 Å². The molecule has 0 unspecified atom stereocenters. The molecule has 0 bridgehead atoms. The lowest BCUT2D eigenvalue weighted by molar-refractivity contribution is 0.260. The summed E-state index contributed by atoms with van der Waals surface area (Å²) in [4.78, 5) is 13.2. The first-order valence-corrected chi connectivity index (χ1v) is 11.2. The first-order valence-electron chi connectivity index (χ1n) is 11.2. The second-order valence-corrected chi connectivity index (χ2v) is 9.62. The second-order valence-electron chi connectivity index (χ2n) is 9.62. The van der Waals surface area contributed by atoms with Gasteiger partial charge in [0.25, 0.3) is 0 Å². The quantitative estimate of drug-likeness (QED) is 0.492. The summed E-state index contributed by atoms with van der Waals surface area (Å²) in [5.74, 6) is 1.17. The van der Waals surface area contributed by atoms with Crippen molar-refractivity contribution in [2.24, 2.45) is 10.6 Å². The van der Waals surface area contributed by atoms with E-state index in [1.54, 1.807) is 6.20 Å². The largest absolute Gasteiger partial charge is 0.411 e. The average molecular weight is 425 g/mol. The first kappa shape index (κ1) is 23.0. The normalized spacial score (nSPS) is 15.1. The van der Waals surface area contributed by atoms with Crippen LogP contribution in [-0.2, 0) is 13.0 Å². The van der Waals surface area contributed by atoms with Gasteiger partial charge in [-0.2, -0.15) is 4.98 Å². The SMILES string of the molecule is CC(C)(C)CN(Cc1ccc(CCCN2CCC(=NO)CC2)cc1)c1ccnc(N)n1. The number of nitrogens with two attached hydrogens (primary N) is 1. The zero-order chi connectivity index (χ0) is 22.3. The number of anilines is 2. The van der Waals surface area contributed by atoms with Crippen molar-refractivity contribution in [2.75, 3.05) is 36.8 Å². The first-order chi connectivity index (χ1) is 14.8. The van der Waals surface area contributed by atoms with Crippen LogP contribution >= 0.6 is 0 Å². The van der Waals surface area contributed by atoms with Crippen LogP contribution in [-0.4, -0.2) is 52.0 Å². The number of piperidine rings is 1. The van der Waals surface area contributed by atoms with E-state index in [0.29, 0.717) is 5.95 Å². The van der Waals surface area contributed by atoms with E-state index in [4.69, 9.17) is 10.9 Å². The van der Waals surface area contributed by atoms with Crippen molar-refractivity contribution in [3.05, 3.63) is 47.7 Å². The van der Waals surface area contributed by atoms with Crippen LogP contribution in [0, 0.1) is 5.41 Å². The van der Waals surface area contributed by atoms with E-state index in [2.05, 4.69) is 70.0 Å². The molecule has 0 amide bonds. The summed E-state index contributed by atoms with van der Waals surface area (Å²) in [6, 6.07) is 10.9. The lowest BCUT2D eigenvalue weighted by atomic mass is 9.95. The van der Waals surface area contributed by atoms with Crippen molar-refractivity contribution in [1.29, 1.82) is 0 Å². The summed E-state index contributed by atoms with van der Waals surface area (Å²) in [6.07, 6.45) is 5.70. The topological polar surface area (TPSA) is 90.9 Å². The monoisotopic (exact) mass is 424 g/mol. The van der Waals surface area contributed by atoms with Gasteiger partial charge in [0, 0.05) is 45.2 Å². The molecule has 0 saturated carbocycles. The zero-order valence-corrected chi connectivity index (χ0v) is 19.1. The van der Waals surface area contributed by atoms with E-state index in [1.807, 2.05) is 6.07 Å². The zero-order valence-electron chi connectivity index (χ0n) is 19.1. The molecule has 1 aromatic heterocycles. The molecule has 1 fully saturated rings. The Labute approximate surface area is 186 Å². The lowest BCUT2D eigenvalue weighted by Crippen LogP contribution is -2.34. The van der Waals surface area contributed by atoms with Gasteiger partial charge in [-0.05, 0) is 42.0 Å². The van der Waals surface area contributed by atoms with E-state index in [0.717, 1.165) is 69.9 Å². The van der Waals surface area contributed by atoms with Gasteiger partial charge in [-0.15, -0.1) is 0 Å². The second kappa shape index (κ2) is 10.6. The number of hydrogen-bond donors (Lipinski definition) is 2. The molecule has 1 aromatic carbocycles. The van der Waals surface area contributed by atoms with Crippen LogP contribution < -0.4 is 10.6 Å². The summed E-state index contributed by atoms with van der Waals surface area (Å²) >= 11 is 0. The summed E-state index contributed by atoms with van der Waals surface area (Å²) in [5.41, 5.74) is 9.51. The van der Waals surface area contributed by atoms with Gasteiger partial charge >= 0.3 is 0 Å². The Morgan fingerprint density at radius 3 is 2.39 bits per heavy atom. The van der Waals surface area contributed by atoms with Crippen molar-refractivity contribution in [3.63, 3.8) is 0 Å². The van der Waals surface area contributed by atoms with Crippen LogP contribution in [0.25, 0.3) is 0 Å². The van der Waals surface area contributed by atoms with Crippen LogP contribution in [0.4, 0.5) is 11.8 Å². The molecule has 0 aliphatic carbocycles. The molecule has 31 heavy (non-hydrogen) atoms. The third-order valence-electron chi connectivity index (χ3n) is 5.56. The van der Waals surface area contributed by atoms with Gasteiger partial charge < -0.3 is 20.7 Å². The number of oxime groups is 1. The Kier molecular flexibility index (Phi) is 7.85. The number of benzene rings is 1. The molecule has 0 spiro atoms. The third-order valence-corrected chi connectivity index (χ3v) is 5.56. The molecule has 3 rings (SSSR count). The van der Waals surface area contributed by atoms with Crippen molar-refractivity contribution in [2.45, 2.75) is 53.0 Å². The minimum atomic E-state index is 0.137. The van der Waals surface area contributed by atoms with Crippen molar-refractivity contribution in [3.8, 4) is 0 Å². The Bertz CT molecular complexity index is 849. The maximum atomic E-state index is 8.87. The molecule has 1 saturated heterocycles. The fourth-order valence-electron chi connectivity index (χ4n) is 4.00. The van der Waals surface area contributed by atoms with E-state index in [1.165, 1.54) is 11.1 Å². The summed E-state index contributed by atoms with van der Waals surface area (Å²) < 4.78 is 0. The van der Waals surface area contributed by atoms with Crippen LogP contribution in [0.5, 0.6) is 0 Å². The Morgan fingerprint density at radius 2 is 1.77 bits per heavy atom. The molecule has 1 aliphatic heterocycles. The number of likely N-dealkylation sites (tertiary alicyclic amines) is 1. The molecule has 2 aromatic rings. The highest BCUT2D eigenvalue weighted by Gasteiger charge is 2.19. The van der Waals surface area contributed by atoms with Gasteiger partial charge in [0.05, 0.1) is 5.71 Å². The number of aromatic nitrogens is 2. The summed E-state index contributed by atoms with van der Waals surface area (Å²) in [5, 5.41) is 12.2. The number of rotatable bonds is 8. The molecule has 1 aliphatic rings. The Balaban J connectivity index is 1.54. The third kappa shape index (κ3) is 7.51. The standard InChI is InChI=1S/C24H36N6O/c1-24(2,3)18-30(22-10-13-26-23(25)27-22)17-20-8-6-19(7-9-20)5-4-14-29-15-11-21(28-31)12-16-29/h6-10,13,31H,4-5,11-12,14-18H2,1-3H3,(H2,25,26,27). The van der Waals surface area contributed by atoms with Crippen molar-refractivity contribution >= 4 is 17.5 Å². The Hall–Kier alpha value is -2.67. The highest BCUT2D eigenvalue weighted by molar-refractivity contribution is 5.84. The fraction of sp³-hybridized carbons (Fsp3) is 0.542. The van der Waals surface area contributed by atoms with E-state index in [-0.39, 0.29) is 5.41 Å². The molecule has 7 nitrogen and oxygen atoms in total. The fourth-order valence-corrected chi connectivity index (χ4v) is 4.00. The highest BCUT2D eigenvalue weighted by atomic mass is 16.4. The average Bonchev–Trinajstić information content (AvgIpc) is 2.74. The van der Waals surface area contributed by atoms with E-state index < -0.39 is 0 Å². The van der Waals surface area contributed by atoms with E-state index >= 15 is 0 Å². The number of hydrogen-bond acceptors (Lipinski definition) is 7. The minimum Gasteiger partial charge on any atom is -0.411 e. The van der Waals surface area contributed by atoms with Crippen molar-refractivity contribution in [1.82, 2.24) is 14.9 Å². The van der Waals surface area contributed by atoms with Crippen LogP contribution in [0.3, 0.4) is 0 Å². The van der Waals surface area contributed by atoms with Gasteiger partial charge in [0.2, 0.25) is 5.95 Å². The van der Waals surface area contributed by atoms with Gasteiger partial charge in [0.1, 0.15) is 5.82 Å². The van der Waals surface area contributed by atoms with Gasteiger partial charge in [0.15, 0.2) is 0 Å². The molecule has 3 N–H and O–H groups in total. The Morgan fingerprint density at radius 1 is 1.10 bits per heavy atom. The van der Waals surface area contributed by atoms with E-state index in [9.17, 15) is 0 Å². The molecular weight excluding hydrogens is 388 g/mol. The summed E-state index contributed by atoms with van der Waals surface area (Å²) in [7, 11) is 0. The van der Waals surface area contributed by atoms with Gasteiger partial charge in [-0.3, -0.25) is 0 Å². The van der Waals surface area contributed by atoms with Crippen LogP contribution in [0.2, 0.25) is 0 Å². The summed E-state index contributed by atoms with van der Waals surface area (Å²) in [6.45, 7) is 11.4. The van der Waals surface area contributed by atoms with Crippen LogP contribution in [0.15, 0.2) is 41.7 Å². The molecule has 168 valence electrons. The number of nitrogen functional groups attached to an aromatic ring is 1. The molecule has 0 atom stereocenters. The molecule has 0 radical (unpaired) electrons. The maximum absolute atomic E-state index is 8.87. The maximum Gasteiger partial charge on any atom is 0.221 e. The molecule has 2 heterocycles. The minimum absolute atomic E-state index is 0.137. The highest BCUT2D eigenvalue weighted by Crippen LogP contribution is 2.23. The molecular formula is C24H36N6O. The predicted molar refractivity (Wildman–Crippen MR) is 127 cm³/mol. The van der Waals surface area contributed by atoms with Crippen molar-refractivity contribution < 1.29 is 5.21 Å². The predicted octanol–water partition coefficient (Wildman–Crippen LogP) is 3.97. The number of nitrogens with zero attached hydrogens (tertiary/aromatic N) is 5. The lowest BCUT2D eigenvalue weighted by Gasteiger charge is -2.31. The molecule has 7 heteroatoms.